The van der Waals surface area contributed by atoms with E-state index in [0.717, 1.165) is 34.6 Å². The van der Waals surface area contributed by atoms with Gasteiger partial charge in [-0.05, 0) is 12.5 Å². The van der Waals surface area contributed by atoms with Crippen LogP contribution < -0.4 is 0 Å². The molecule has 4 heteroatoms. The molecule has 3 rings (SSSR count). The summed E-state index contributed by atoms with van der Waals surface area (Å²) in [5.41, 5.74) is 4.83. The molecule has 2 aromatic carbocycles. The zero-order chi connectivity index (χ0) is 15.4. The molecule has 0 saturated carbocycles. The summed E-state index contributed by atoms with van der Waals surface area (Å²) in [6.45, 7) is 2.75. The molecular weight excluding hydrogens is 272 g/mol. The highest BCUT2D eigenvalue weighted by Crippen LogP contribution is 2.29. The van der Waals surface area contributed by atoms with Crippen LogP contribution >= 0.6 is 0 Å². The van der Waals surface area contributed by atoms with Crippen LogP contribution in [0.5, 0.6) is 0 Å². The fourth-order valence-corrected chi connectivity index (χ4v) is 2.35. The van der Waals surface area contributed by atoms with Gasteiger partial charge in [-0.1, -0.05) is 54.6 Å². The van der Waals surface area contributed by atoms with Gasteiger partial charge in [0.2, 0.25) is 0 Å². The van der Waals surface area contributed by atoms with Gasteiger partial charge in [-0.15, -0.1) is 0 Å². The van der Waals surface area contributed by atoms with Crippen LogP contribution in [0, 0.1) is 11.3 Å². The summed E-state index contributed by atoms with van der Waals surface area (Å²) in [5.74, 6) is 0. The topological polar surface area (TPSA) is 54.5 Å². The minimum atomic E-state index is 0.424. The van der Waals surface area contributed by atoms with Crippen molar-refractivity contribution in [3.63, 3.8) is 0 Å². The molecule has 0 radical (unpaired) electrons. The van der Waals surface area contributed by atoms with Gasteiger partial charge < -0.3 is 0 Å². The van der Waals surface area contributed by atoms with Crippen molar-refractivity contribution in [1.82, 2.24) is 15.0 Å². The molecule has 0 unspecified atom stereocenters. The Morgan fingerprint density at radius 2 is 1.50 bits per heavy atom. The Bertz CT molecular complexity index is 795. The van der Waals surface area contributed by atoms with E-state index in [1.165, 1.54) is 0 Å². The smallest absolute Gasteiger partial charge is 0.121 e. The molecule has 0 aliphatic rings. The Morgan fingerprint density at radius 3 is 2.05 bits per heavy atom. The van der Waals surface area contributed by atoms with Gasteiger partial charge in [0.25, 0.3) is 0 Å². The predicted molar refractivity (Wildman–Crippen MR) is 85.9 cm³/mol. The summed E-state index contributed by atoms with van der Waals surface area (Å²) in [4.78, 5) is 1.71. The second-order valence-corrected chi connectivity index (χ2v) is 4.98. The average Bonchev–Trinajstić information content (AvgIpc) is 3.01. The van der Waals surface area contributed by atoms with Gasteiger partial charge in [0.05, 0.1) is 19.0 Å². The van der Waals surface area contributed by atoms with Crippen LogP contribution in [0.25, 0.3) is 22.5 Å². The summed E-state index contributed by atoms with van der Waals surface area (Å²) in [6, 6.07) is 20.2. The Hall–Kier alpha value is -2.93. The number of nitrogens with zero attached hydrogens (tertiary/aromatic N) is 4. The SMILES string of the molecule is CCn1nc(-c2ccccc2)c(-c2ccc(CC#N)cc2)n1. The first-order valence-corrected chi connectivity index (χ1v) is 7.28. The van der Waals surface area contributed by atoms with E-state index in [1.807, 2.05) is 61.5 Å². The fourth-order valence-electron chi connectivity index (χ4n) is 2.35. The van der Waals surface area contributed by atoms with Crippen LogP contribution in [-0.4, -0.2) is 15.0 Å². The molecule has 0 spiro atoms. The lowest BCUT2D eigenvalue weighted by molar-refractivity contribution is 0.572. The van der Waals surface area contributed by atoms with Crippen molar-refractivity contribution < 1.29 is 0 Å². The molecule has 3 aromatic rings. The van der Waals surface area contributed by atoms with E-state index in [2.05, 4.69) is 16.3 Å². The average molecular weight is 288 g/mol. The minimum absolute atomic E-state index is 0.424. The van der Waals surface area contributed by atoms with Crippen molar-refractivity contribution in [2.45, 2.75) is 19.9 Å². The maximum atomic E-state index is 8.76. The molecule has 0 saturated heterocycles. The first-order chi connectivity index (χ1) is 10.8. The van der Waals surface area contributed by atoms with Crippen molar-refractivity contribution in [2.75, 3.05) is 0 Å². The van der Waals surface area contributed by atoms with Gasteiger partial charge >= 0.3 is 0 Å². The maximum Gasteiger partial charge on any atom is 0.121 e. The lowest BCUT2D eigenvalue weighted by Crippen LogP contribution is -1.98. The van der Waals surface area contributed by atoms with Gasteiger partial charge in [-0.3, -0.25) is 0 Å². The number of aryl methyl sites for hydroxylation is 1. The van der Waals surface area contributed by atoms with E-state index >= 15 is 0 Å². The standard InChI is InChI=1S/C18H16N4/c1-2-22-20-17(15-6-4-3-5-7-15)18(21-22)16-10-8-14(9-11-16)12-13-19/h3-11H,2,12H2,1H3. The summed E-state index contributed by atoms with van der Waals surface area (Å²) >= 11 is 0. The molecular formula is C18H16N4. The van der Waals surface area contributed by atoms with Gasteiger partial charge in [0, 0.05) is 11.1 Å². The van der Waals surface area contributed by atoms with E-state index < -0.39 is 0 Å². The Morgan fingerprint density at radius 1 is 0.909 bits per heavy atom. The summed E-state index contributed by atoms with van der Waals surface area (Å²) < 4.78 is 0. The first kappa shape index (κ1) is 14.0. The lowest BCUT2D eigenvalue weighted by atomic mass is 10.0. The van der Waals surface area contributed by atoms with Gasteiger partial charge in [0.1, 0.15) is 11.4 Å². The monoisotopic (exact) mass is 288 g/mol. The highest BCUT2D eigenvalue weighted by atomic mass is 15.5. The Kier molecular flexibility index (Phi) is 3.97. The van der Waals surface area contributed by atoms with Crippen molar-refractivity contribution in [1.29, 1.82) is 5.26 Å². The summed E-state index contributed by atoms with van der Waals surface area (Å²) in [7, 11) is 0. The van der Waals surface area contributed by atoms with Gasteiger partial charge in [-0.25, -0.2) is 0 Å². The van der Waals surface area contributed by atoms with E-state index in [9.17, 15) is 0 Å². The molecule has 4 nitrogen and oxygen atoms in total. The van der Waals surface area contributed by atoms with Crippen LogP contribution in [0.4, 0.5) is 0 Å². The normalized spacial score (nSPS) is 10.4. The van der Waals surface area contributed by atoms with E-state index in [0.29, 0.717) is 6.42 Å². The molecule has 0 bridgehead atoms. The fraction of sp³-hybridized carbons (Fsp3) is 0.167. The first-order valence-electron chi connectivity index (χ1n) is 7.28. The third kappa shape index (κ3) is 2.75. The third-order valence-corrected chi connectivity index (χ3v) is 3.50. The summed E-state index contributed by atoms with van der Waals surface area (Å²) in [6.07, 6.45) is 0.424. The number of rotatable bonds is 4. The number of benzene rings is 2. The second kappa shape index (κ2) is 6.23. The third-order valence-electron chi connectivity index (χ3n) is 3.50. The molecule has 0 atom stereocenters. The van der Waals surface area contributed by atoms with Crippen LogP contribution in [0.2, 0.25) is 0 Å². The van der Waals surface area contributed by atoms with Crippen molar-refractivity contribution >= 4 is 0 Å². The van der Waals surface area contributed by atoms with Gasteiger partial charge in [-0.2, -0.15) is 20.3 Å². The number of aromatic nitrogens is 3. The Balaban J connectivity index is 2.06. The van der Waals surface area contributed by atoms with E-state index in [4.69, 9.17) is 5.26 Å². The van der Waals surface area contributed by atoms with E-state index in [1.54, 1.807) is 4.80 Å². The second-order valence-electron chi connectivity index (χ2n) is 4.98. The van der Waals surface area contributed by atoms with E-state index in [-0.39, 0.29) is 0 Å². The highest BCUT2D eigenvalue weighted by Gasteiger charge is 2.14. The summed E-state index contributed by atoms with van der Waals surface area (Å²) in [5, 5.41) is 17.9. The minimum Gasteiger partial charge on any atom is -0.198 e. The molecule has 1 aromatic heterocycles. The number of hydrogen-bond donors (Lipinski definition) is 0. The largest absolute Gasteiger partial charge is 0.198 e. The zero-order valence-corrected chi connectivity index (χ0v) is 12.4. The van der Waals surface area contributed by atoms with Crippen LogP contribution in [0.15, 0.2) is 54.6 Å². The zero-order valence-electron chi connectivity index (χ0n) is 12.4. The number of nitriles is 1. The molecule has 0 aliphatic heterocycles. The predicted octanol–water partition coefficient (Wildman–Crippen LogP) is 3.70. The Labute approximate surface area is 129 Å². The maximum absolute atomic E-state index is 8.76. The quantitative estimate of drug-likeness (QED) is 0.735. The van der Waals surface area contributed by atoms with Crippen LogP contribution in [-0.2, 0) is 13.0 Å². The molecule has 1 heterocycles. The lowest BCUT2D eigenvalue weighted by Gasteiger charge is -2.02. The number of hydrogen-bond acceptors (Lipinski definition) is 3. The highest BCUT2D eigenvalue weighted by molar-refractivity contribution is 5.77. The molecule has 108 valence electrons. The molecule has 0 N–H and O–H groups in total. The molecule has 22 heavy (non-hydrogen) atoms. The van der Waals surface area contributed by atoms with Crippen LogP contribution in [0.3, 0.4) is 0 Å². The van der Waals surface area contributed by atoms with Gasteiger partial charge in [0.15, 0.2) is 0 Å². The molecule has 0 aliphatic carbocycles. The van der Waals surface area contributed by atoms with Crippen molar-refractivity contribution in [3.05, 3.63) is 60.2 Å². The van der Waals surface area contributed by atoms with Crippen molar-refractivity contribution in [2.24, 2.45) is 0 Å². The van der Waals surface area contributed by atoms with Crippen LogP contribution in [0.1, 0.15) is 12.5 Å². The molecule has 0 fully saturated rings. The van der Waals surface area contributed by atoms with Crippen molar-refractivity contribution in [3.8, 4) is 28.6 Å². The molecule has 0 amide bonds.